The molecule has 1 atom stereocenters. The maximum Gasteiger partial charge on any atom is 0.145 e. The fraction of sp³-hybridized carbons (Fsp3) is 0.519. The van der Waals surface area contributed by atoms with Crippen molar-refractivity contribution in [2.75, 3.05) is 0 Å². The van der Waals surface area contributed by atoms with Crippen molar-refractivity contribution in [1.29, 1.82) is 0 Å². The van der Waals surface area contributed by atoms with E-state index in [1.807, 2.05) is 52.2 Å². The van der Waals surface area contributed by atoms with Gasteiger partial charge in [-0.3, -0.25) is 4.98 Å². The highest BCUT2D eigenvalue weighted by Crippen LogP contribution is 2.31. The molecule has 31 heavy (non-hydrogen) atoms. The Kier molecular flexibility index (Phi) is 10.6. The van der Waals surface area contributed by atoms with Gasteiger partial charge in [-0.2, -0.15) is 0 Å². The first-order valence-corrected chi connectivity index (χ1v) is 12.2. The number of rotatable bonds is 5. The average Bonchev–Trinajstić information content (AvgIpc) is 2.86. The molecule has 4 rings (SSSR count). The Hall–Kier alpha value is -2.33. The van der Waals surface area contributed by atoms with Crippen LogP contribution in [0.3, 0.4) is 0 Å². The van der Waals surface area contributed by atoms with E-state index in [1.54, 1.807) is 0 Å². The average molecular weight is 421 g/mol. The Bertz CT molecular complexity index is 902. The van der Waals surface area contributed by atoms with Crippen LogP contribution in [0.4, 0.5) is 0 Å². The molecule has 168 valence electrons. The number of aromatic nitrogens is 3. The number of aryl methyl sites for hydroxylation is 1. The van der Waals surface area contributed by atoms with Gasteiger partial charge in [-0.05, 0) is 54.2 Å². The van der Waals surface area contributed by atoms with E-state index in [9.17, 15) is 0 Å². The molecule has 1 fully saturated rings. The number of pyridine rings is 1. The van der Waals surface area contributed by atoms with E-state index in [-0.39, 0.29) is 6.04 Å². The van der Waals surface area contributed by atoms with Crippen LogP contribution in [-0.2, 0) is 6.42 Å². The minimum absolute atomic E-state index is 0.0670. The molecule has 3 aromatic rings. The minimum Gasteiger partial charge on any atom is -0.321 e. The molecule has 0 amide bonds. The lowest BCUT2D eigenvalue weighted by Crippen LogP contribution is -2.20. The summed E-state index contributed by atoms with van der Waals surface area (Å²) in [5.74, 6) is 1.54. The van der Waals surface area contributed by atoms with Crippen molar-refractivity contribution in [3.05, 3.63) is 54.2 Å². The van der Waals surface area contributed by atoms with Gasteiger partial charge >= 0.3 is 0 Å². The monoisotopic (exact) mass is 420 g/mol. The van der Waals surface area contributed by atoms with Crippen molar-refractivity contribution in [2.45, 2.75) is 85.6 Å². The molecule has 2 aromatic heterocycles. The number of nitrogens with two attached hydrogens (primary N) is 1. The van der Waals surface area contributed by atoms with E-state index in [0.717, 1.165) is 46.7 Å². The Morgan fingerprint density at radius 2 is 1.58 bits per heavy atom. The van der Waals surface area contributed by atoms with E-state index in [4.69, 9.17) is 15.7 Å². The van der Waals surface area contributed by atoms with Gasteiger partial charge in [0.25, 0.3) is 0 Å². The highest BCUT2D eigenvalue weighted by molar-refractivity contribution is 5.86. The molecule has 4 heteroatoms. The number of hydrogen-bond donors (Lipinski definition) is 1. The normalized spacial score (nSPS) is 14.8. The van der Waals surface area contributed by atoms with Crippen LogP contribution >= 0.6 is 0 Å². The van der Waals surface area contributed by atoms with Crippen LogP contribution in [0.25, 0.3) is 22.0 Å². The summed E-state index contributed by atoms with van der Waals surface area (Å²) < 4.78 is 0. The van der Waals surface area contributed by atoms with Crippen LogP contribution in [-0.4, -0.2) is 15.0 Å². The molecule has 0 spiro atoms. The summed E-state index contributed by atoms with van der Waals surface area (Å²) in [6.45, 7) is 10.2. The highest BCUT2D eigenvalue weighted by Gasteiger charge is 2.20. The van der Waals surface area contributed by atoms with Gasteiger partial charge in [0.1, 0.15) is 5.82 Å². The molecule has 0 saturated heterocycles. The second-order valence-corrected chi connectivity index (χ2v) is 7.70. The Morgan fingerprint density at radius 1 is 0.903 bits per heavy atom. The fourth-order valence-electron chi connectivity index (χ4n) is 4.26. The lowest BCUT2D eigenvalue weighted by molar-refractivity contribution is 0.315. The summed E-state index contributed by atoms with van der Waals surface area (Å²) in [7, 11) is 0. The van der Waals surface area contributed by atoms with Gasteiger partial charge < -0.3 is 5.73 Å². The van der Waals surface area contributed by atoms with Crippen LogP contribution < -0.4 is 5.73 Å². The maximum atomic E-state index is 6.53. The third kappa shape index (κ3) is 6.57. The zero-order valence-electron chi connectivity index (χ0n) is 20.1. The lowest BCUT2D eigenvalue weighted by Gasteiger charge is -2.24. The van der Waals surface area contributed by atoms with Crippen molar-refractivity contribution in [1.82, 2.24) is 15.0 Å². The summed E-state index contributed by atoms with van der Waals surface area (Å²) in [6, 6.07) is 10.4. The Labute approximate surface area is 188 Å². The van der Waals surface area contributed by atoms with E-state index in [1.165, 1.54) is 37.7 Å². The van der Waals surface area contributed by atoms with Crippen molar-refractivity contribution in [3.8, 4) is 11.1 Å². The maximum absolute atomic E-state index is 6.53. The topological polar surface area (TPSA) is 64.7 Å². The summed E-state index contributed by atoms with van der Waals surface area (Å²) in [5.41, 5.74) is 10.9. The lowest BCUT2D eigenvalue weighted by atomic mass is 9.85. The van der Waals surface area contributed by atoms with Gasteiger partial charge in [0, 0.05) is 17.8 Å². The zero-order chi connectivity index (χ0) is 22.6. The molecule has 0 aliphatic heterocycles. The number of hydrogen-bond acceptors (Lipinski definition) is 4. The Balaban J connectivity index is 0.000000807. The predicted molar refractivity (Wildman–Crippen MR) is 133 cm³/mol. The molecule has 2 heterocycles. The first kappa shape index (κ1) is 24.9. The third-order valence-corrected chi connectivity index (χ3v) is 5.78. The fourth-order valence-corrected chi connectivity index (χ4v) is 4.26. The van der Waals surface area contributed by atoms with Crippen molar-refractivity contribution >= 4 is 10.9 Å². The van der Waals surface area contributed by atoms with Crippen LogP contribution in [0.2, 0.25) is 0 Å². The summed E-state index contributed by atoms with van der Waals surface area (Å²) >= 11 is 0. The molecule has 0 radical (unpaired) electrons. The largest absolute Gasteiger partial charge is 0.321 e. The molecule has 0 bridgehead atoms. The van der Waals surface area contributed by atoms with E-state index < -0.39 is 0 Å². The first-order chi connectivity index (χ1) is 15.2. The Morgan fingerprint density at radius 3 is 2.23 bits per heavy atom. The molecule has 1 aliphatic carbocycles. The molecular formula is C27H40N4. The van der Waals surface area contributed by atoms with E-state index >= 15 is 0 Å². The van der Waals surface area contributed by atoms with E-state index in [2.05, 4.69) is 30.1 Å². The molecule has 2 N–H and O–H groups in total. The minimum atomic E-state index is -0.0670. The molecule has 4 nitrogen and oxygen atoms in total. The standard InChI is InChI=1S/C23H28N4.2C2H6/c1-2-21-19-15-18(17-10-12-25-13-11-17)8-9-22(19)27-23(26-21)20(24)14-16-6-4-3-5-7-16;2*1-2/h8-13,15-16,20H,2-7,14,24H2,1H3;2*1-2H3. The molecule has 1 aromatic carbocycles. The van der Waals surface area contributed by atoms with Crippen LogP contribution in [0.5, 0.6) is 0 Å². The third-order valence-electron chi connectivity index (χ3n) is 5.78. The summed E-state index contributed by atoms with van der Waals surface area (Å²) in [6.07, 6.45) is 12.2. The second kappa shape index (κ2) is 13.2. The number of fused-ring (bicyclic) bond motifs is 1. The number of benzene rings is 1. The van der Waals surface area contributed by atoms with Gasteiger partial charge in [-0.15, -0.1) is 0 Å². The molecule has 1 aliphatic rings. The predicted octanol–water partition coefficient (Wildman–Crippen LogP) is 7.28. The first-order valence-electron chi connectivity index (χ1n) is 12.2. The summed E-state index contributed by atoms with van der Waals surface area (Å²) in [4.78, 5) is 13.8. The quantitative estimate of drug-likeness (QED) is 0.471. The van der Waals surface area contributed by atoms with Crippen LogP contribution in [0, 0.1) is 5.92 Å². The molecule has 1 saturated carbocycles. The van der Waals surface area contributed by atoms with Gasteiger partial charge in [-0.25, -0.2) is 9.97 Å². The van der Waals surface area contributed by atoms with Gasteiger partial charge in [-0.1, -0.05) is 72.8 Å². The van der Waals surface area contributed by atoms with Crippen molar-refractivity contribution in [2.24, 2.45) is 11.7 Å². The van der Waals surface area contributed by atoms with Crippen LogP contribution in [0.15, 0.2) is 42.7 Å². The smallest absolute Gasteiger partial charge is 0.145 e. The summed E-state index contributed by atoms with van der Waals surface area (Å²) in [5, 5.41) is 1.13. The van der Waals surface area contributed by atoms with Crippen LogP contribution in [0.1, 0.15) is 90.7 Å². The SMILES string of the molecule is CC.CC.CCc1nc(C(N)CC2CCCCC2)nc2ccc(-c3ccncc3)cc12. The van der Waals surface area contributed by atoms with Crippen molar-refractivity contribution < 1.29 is 0 Å². The highest BCUT2D eigenvalue weighted by atomic mass is 14.9. The van der Waals surface area contributed by atoms with E-state index in [0.29, 0.717) is 0 Å². The van der Waals surface area contributed by atoms with Gasteiger partial charge in [0.2, 0.25) is 0 Å². The van der Waals surface area contributed by atoms with Crippen molar-refractivity contribution in [3.63, 3.8) is 0 Å². The zero-order valence-corrected chi connectivity index (χ0v) is 20.1. The molecule has 1 unspecified atom stereocenters. The number of nitrogens with zero attached hydrogens (tertiary/aromatic N) is 3. The second-order valence-electron chi connectivity index (χ2n) is 7.70. The molecular weight excluding hydrogens is 380 g/mol. The van der Waals surface area contributed by atoms with Gasteiger partial charge in [0.05, 0.1) is 17.3 Å². The van der Waals surface area contributed by atoms with Gasteiger partial charge in [0.15, 0.2) is 0 Å².